The average Bonchev–Trinajstić information content (AvgIpc) is 2.55. The lowest BCUT2D eigenvalue weighted by Crippen LogP contribution is -2.27. The molecule has 0 N–H and O–H groups in total. The first-order chi connectivity index (χ1) is 10.8. The first kappa shape index (κ1) is 17.1. The molecule has 0 bridgehead atoms. The van der Waals surface area contributed by atoms with E-state index in [1.807, 2.05) is 0 Å². The lowest BCUT2D eigenvalue weighted by atomic mass is 10.2. The molecular weight excluding hydrogens is 314 g/mol. The molecule has 7 heteroatoms. The van der Waals surface area contributed by atoms with Crippen molar-refractivity contribution in [2.24, 2.45) is 0 Å². The van der Waals surface area contributed by atoms with Crippen LogP contribution in [0.25, 0.3) is 0 Å². The van der Waals surface area contributed by atoms with Crippen LogP contribution in [0.1, 0.15) is 15.9 Å². The zero-order valence-corrected chi connectivity index (χ0v) is 14.1. The quantitative estimate of drug-likeness (QED) is 0.833. The molecule has 122 valence electrons. The molecule has 1 amide bonds. The molecule has 0 spiro atoms. The summed E-state index contributed by atoms with van der Waals surface area (Å²) in [5.74, 6) is -0.237. The van der Waals surface area contributed by atoms with Gasteiger partial charge < -0.3 is 4.90 Å². The van der Waals surface area contributed by atoms with Gasteiger partial charge in [-0.25, -0.2) is 8.42 Å². The number of benzene rings is 1. The monoisotopic (exact) mass is 333 g/mol. The summed E-state index contributed by atoms with van der Waals surface area (Å²) >= 11 is 0. The molecule has 0 fully saturated rings. The minimum atomic E-state index is -3.68. The van der Waals surface area contributed by atoms with Crippen LogP contribution < -0.4 is 0 Å². The maximum absolute atomic E-state index is 12.7. The molecule has 2 rings (SSSR count). The molecule has 23 heavy (non-hydrogen) atoms. The smallest absolute Gasteiger partial charge is 0.253 e. The van der Waals surface area contributed by atoms with Gasteiger partial charge in [-0.15, -0.1) is 0 Å². The normalized spacial score (nSPS) is 11.5. The van der Waals surface area contributed by atoms with Gasteiger partial charge in [-0.3, -0.25) is 9.78 Å². The first-order valence-corrected chi connectivity index (χ1v) is 8.43. The maximum Gasteiger partial charge on any atom is 0.253 e. The molecule has 1 aromatic carbocycles. The van der Waals surface area contributed by atoms with E-state index in [1.165, 1.54) is 28.4 Å². The number of sulfonamides is 1. The molecule has 2 aromatic rings. The summed E-state index contributed by atoms with van der Waals surface area (Å²) < 4.78 is 26.6. The van der Waals surface area contributed by atoms with Gasteiger partial charge in [0.05, 0.1) is 4.90 Å². The highest BCUT2D eigenvalue weighted by Crippen LogP contribution is 2.18. The molecule has 0 atom stereocenters. The van der Waals surface area contributed by atoms with Crippen molar-refractivity contribution in [3.05, 3.63) is 59.9 Å². The molecule has 0 radical (unpaired) electrons. The van der Waals surface area contributed by atoms with Crippen molar-refractivity contribution in [2.75, 3.05) is 21.1 Å². The number of amides is 1. The fourth-order valence-electron chi connectivity index (χ4n) is 2.06. The number of carbonyl (C=O) groups is 1. The van der Waals surface area contributed by atoms with E-state index < -0.39 is 10.0 Å². The van der Waals surface area contributed by atoms with Crippen LogP contribution in [0.4, 0.5) is 0 Å². The van der Waals surface area contributed by atoms with E-state index in [-0.39, 0.29) is 17.3 Å². The Morgan fingerprint density at radius 3 is 2.35 bits per heavy atom. The van der Waals surface area contributed by atoms with Crippen LogP contribution in [0, 0.1) is 0 Å². The van der Waals surface area contributed by atoms with E-state index in [0.29, 0.717) is 5.56 Å². The number of hydrogen-bond donors (Lipinski definition) is 0. The Morgan fingerprint density at radius 1 is 1.09 bits per heavy atom. The summed E-state index contributed by atoms with van der Waals surface area (Å²) in [5, 5.41) is 0. The van der Waals surface area contributed by atoms with Crippen molar-refractivity contribution in [2.45, 2.75) is 11.4 Å². The fraction of sp³-hybridized carbons (Fsp3) is 0.250. The Labute approximate surface area is 136 Å². The number of aromatic nitrogens is 1. The Morgan fingerprint density at radius 2 is 1.74 bits per heavy atom. The van der Waals surface area contributed by atoms with Crippen molar-refractivity contribution in [3.63, 3.8) is 0 Å². The molecule has 0 saturated heterocycles. The van der Waals surface area contributed by atoms with E-state index in [0.717, 1.165) is 5.56 Å². The van der Waals surface area contributed by atoms with Gasteiger partial charge in [0.2, 0.25) is 10.0 Å². The van der Waals surface area contributed by atoms with Crippen LogP contribution in [-0.4, -0.2) is 49.7 Å². The van der Waals surface area contributed by atoms with E-state index in [2.05, 4.69) is 4.98 Å². The van der Waals surface area contributed by atoms with Gasteiger partial charge in [-0.05, 0) is 35.9 Å². The topological polar surface area (TPSA) is 70.6 Å². The highest BCUT2D eigenvalue weighted by molar-refractivity contribution is 7.89. The Balaban J connectivity index is 2.29. The molecule has 1 aromatic heterocycles. The molecule has 0 unspecified atom stereocenters. The van der Waals surface area contributed by atoms with Crippen molar-refractivity contribution in [1.29, 1.82) is 0 Å². The van der Waals surface area contributed by atoms with E-state index >= 15 is 0 Å². The van der Waals surface area contributed by atoms with Crippen molar-refractivity contribution < 1.29 is 13.2 Å². The van der Waals surface area contributed by atoms with Gasteiger partial charge in [-0.2, -0.15) is 4.31 Å². The standard InChI is InChI=1S/C16H19N3O3S/c1-18(2)16(20)14-5-4-6-15(11-14)23(21,22)19(3)12-13-7-9-17-10-8-13/h4-11H,12H2,1-3H3. The second-order valence-corrected chi connectivity index (χ2v) is 7.39. The lowest BCUT2D eigenvalue weighted by Gasteiger charge is -2.18. The van der Waals surface area contributed by atoms with E-state index in [4.69, 9.17) is 0 Å². The summed E-state index contributed by atoms with van der Waals surface area (Å²) in [4.78, 5) is 17.4. The van der Waals surface area contributed by atoms with Crippen LogP contribution in [-0.2, 0) is 16.6 Å². The molecular formula is C16H19N3O3S. The number of hydrogen-bond acceptors (Lipinski definition) is 4. The SMILES string of the molecule is CN(C)C(=O)c1cccc(S(=O)(=O)N(C)Cc2ccncc2)c1. The largest absolute Gasteiger partial charge is 0.345 e. The van der Waals surface area contributed by atoms with Gasteiger partial charge in [0.1, 0.15) is 0 Å². The van der Waals surface area contributed by atoms with E-state index in [9.17, 15) is 13.2 Å². The van der Waals surface area contributed by atoms with Crippen molar-refractivity contribution in [3.8, 4) is 0 Å². The molecule has 0 saturated carbocycles. The second-order valence-electron chi connectivity index (χ2n) is 5.34. The van der Waals surface area contributed by atoms with Crippen LogP contribution in [0.5, 0.6) is 0 Å². The van der Waals surface area contributed by atoms with Gasteiger partial charge in [0, 0.05) is 45.6 Å². The summed E-state index contributed by atoms with van der Waals surface area (Å²) in [6.45, 7) is 0.233. The first-order valence-electron chi connectivity index (χ1n) is 6.99. The summed E-state index contributed by atoms with van der Waals surface area (Å²) in [6, 6.07) is 9.59. The highest BCUT2D eigenvalue weighted by atomic mass is 32.2. The highest BCUT2D eigenvalue weighted by Gasteiger charge is 2.22. The fourth-order valence-corrected chi connectivity index (χ4v) is 3.26. The number of carbonyl (C=O) groups excluding carboxylic acids is 1. The molecule has 0 aliphatic rings. The molecule has 0 aliphatic carbocycles. The minimum Gasteiger partial charge on any atom is -0.345 e. The Bertz CT molecular complexity index is 789. The number of nitrogens with zero attached hydrogens (tertiary/aromatic N) is 3. The lowest BCUT2D eigenvalue weighted by molar-refractivity contribution is 0.0827. The van der Waals surface area contributed by atoms with Crippen molar-refractivity contribution >= 4 is 15.9 Å². The zero-order chi connectivity index (χ0) is 17.0. The van der Waals surface area contributed by atoms with Crippen LogP contribution in [0.2, 0.25) is 0 Å². The van der Waals surface area contributed by atoms with Gasteiger partial charge >= 0.3 is 0 Å². The third kappa shape index (κ3) is 3.94. The van der Waals surface area contributed by atoms with Crippen LogP contribution in [0.15, 0.2) is 53.7 Å². The third-order valence-corrected chi connectivity index (χ3v) is 5.15. The number of rotatable bonds is 5. The third-order valence-electron chi connectivity index (χ3n) is 3.35. The van der Waals surface area contributed by atoms with Gasteiger partial charge in [-0.1, -0.05) is 6.07 Å². The molecule has 0 aliphatic heterocycles. The zero-order valence-electron chi connectivity index (χ0n) is 13.3. The maximum atomic E-state index is 12.7. The minimum absolute atomic E-state index is 0.0988. The van der Waals surface area contributed by atoms with Gasteiger partial charge in [0.15, 0.2) is 0 Å². The predicted molar refractivity (Wildman–Crippen MR) is 87.3 cm³/mol. The summed E-state index contributed by atoms with van der Waals surface area (Å²) in [6.07, 6.45) is 3.23. The predicted octanol–water partition coefficient (Wildman–Crippen LogP) is 1.60. The average molecular weight is 333 g/mol. The second kappa shape index (κ2) is 6.89. The Hall–Kier alpha value is -2.25. The van der Waals surface area contributed by atoms with Crippen molar-refractivity contribution in [1.82, 2.24) is 14.2 Å². The summed E-state index contributed by atoms with van der Waals surface area (Å²) in [5.41, 5.74) is 1.18. The van der Waals surface area contributed by atoms with Crippen LogP contribution in [0.3, 0.4) is 0 Å². The van der Waals surface area contributed by atoms with E-state index in [1.54, 1.807) is 50.8 Å². The molecule has 1 heterocycles. The number of pyridine rings is 1. The molecule has 6 nitrogen and oxygen atoms in total. The summed E-state index contributed by atoms with van der Waals surface area (Å²) in [7, 11) is 1.08. The Kier molecular flexibility index (Phi) is 5.12. The van der Waals surface area contributed by atoms with Gasteiger partial charge in [0.25, 0.3) is 5.91 Å². The van der Waals surface area contributed by atoms with Crippen LogP contribution >= 0.6 is 0 Å².